The maximum absolute atomic E-state index is 6.14. The van der Waals surface area contributed by atoms with Gasteiger partial charge in [-0.25, -0.2) is 4.98 Å². The van der Waals surface area contributed by atoms with Gasteiger partial charge in [-0.2, -0.15) is 4.98 Å². The van der Waals surface area contributed by atoms with Crippen LogP contribution in [0.25, 0.3) is 0 Å². The van der Waals surface area contributed by atoms with Gasteiger partial charge in [-0.05, 0) is 31.9 Å². The maximum Gasteiger partial charge on any atom is 0.232 e. The van der Waals surface area contributed by atoms with E-state index in [1.165, 1.54) is 0 Å². The molecule has 0 aliphatic heterocycles. The Morgan fingerprint density at radius 2 is 1.81 bits per heavy atom. The van der Waals surface area contributed by atoms with Gasteiger partial charge in [0.15, 0.2) is 0 Å². The molecule has 0 radical (unpaired) electrons. The van der Waals surface area contributed by atoms with Crippen molar-refractivity contribution in [1.82, 2.24) is 15.0 Å². The first-order chi connectivity index (χ1) is 10.2. The molecule has 0 fully saturated rings. The Morgan fingerprint density at radius 1 is 1.10 bits per heavy atom. The summed E-state index contributed by atoms with van der Waals surface area (Å²) in [5, 5.41) is 0. The fraction of sp³-hybridized carbons (Fsp3) is 0.438. The number of hydrogen-bond donors (Lipinski definition) is 1. The van der Waals surface area contributed by atoms with Crippen LogP contribution >= 0.6 is 0 Å². The Morgan fingerprint density at radius 3 is 2.38 bits per heavy atom. The van der Waals surface area contributed by atoms with Crippen molar-refractivity contribution < 1.29 is 0 Å². The molecule has 0 aliphatic carbocycles. The van der Waals surface area contributed by atoms with Crippen molar-refractivity contribution in [1.29, 1.82) is 0 Å². The summed E-state index contributed by atoms with van der Waals surface area (Å²) in [6.45, 7) is 7.10. The normalized spacial score (nSPS) is 10.6. The second kappa shape index (κ2) is 7.02. The van der Waals surface area contributed by atoms with Crippen molar-refractivity contribution in [2.24, 2.45) is 0 Å². The molecule has 0 aromatic carbocycles. The van der Waals surface area contributed by atoms with E-state index in [2.05, 4.69) is 35.6 Å². The number of pyridine rings is 1. The first-order valence-electron chi connectivity index (χ1n) is 7.54. The number of aromatic nitrogens is 3. The van der Waals surface area contributed by atoms with Gasteiger partial charge in [0.25, 0.3) is 0 Å². The Kier molecular flexibility index (Phi) is 5.09. The summed E-state index contributed by atoms with van der Waals surface area (Å²) in [5.74, 6) is 1.26. The second-order valence-corrected chi connectivity index (χ2v) is 4.89. The van der Waals surface area contributed by atoms with Crippen molar-refractivity contribution in [3.8, 4) is 0 Å². The lowest BCUT2D eigenvalue weighted by molar-refractivity contribution is 0.831. The van der Waals surface area contributed by atoms with Gasteiger partial charge >= 0.3 is 0 Å². The lowest BCUT2D eigenvalue weighted by Gasteiger charge is -2.22. The first-order valence-corrected chi connectivity index (χ1v) is 7.54. The van der Waals surface area contributed by atoms with E-state index in [9.17, 15) is 0 Å². The minimum absolute atomic E-state index is 0.596. The van der Waals surface area contributed by atoms with Gasteiger partial charge in [0, 0.05) is 30.2 Å². The zero-order valence-corrected chi connectivity index (χ0v) is 13.0. The molecule has 0 saturated heterocycles. The number of anilines is 3. The van der Waals surface area contributed by atoms with Crippen LogP contribution in [0.5, 0.6) is 0 Å². The van der Waals surface area contributed by atoms with Crippen molar-refractivity contribution in [2.75, 3.05) is 17.2 Å². The molecule has 2 aromatic heterocycles. The average Bonchev–Trinajstić information content (AvgIpc) is 2.49. The summed E-state index contributed by atoms with van der Waals surface area (Å²) in [7, 11) is 0. The predicted molar refractivity (Wildman–Crippen MR) is 86.7 cm³/mol. The van der Waals surface area contributed by atoms with Gasteiger partial charge in [0.2, 0.25) is 5.95 Å². The molecule has 0 atom stereocenters. The minimum Gasteiger partial charge on any atom is -0.383 e. The van der Waals surface area contributed by atoms with Crippen LogP contribution in [0.2, 0.25) is 0 Å². The van der Waals surface area contributed by atoms with E-state index in [-0.39, 0.29) is 0 Å². The van der Waals surface area contributed by atoms with Crippen LogP contribution in [-0.4, -0.2) is 21.5 Å². The zero-order valence-electron chi connectivity index (χ0n) is 13.0. The summed E-state index contributed by atoms with van der Waals surface area (Å²) >= 11 is 0. The van der Waals surface area contributed by atoms with Crippen molar-refractivity contribution in [3.63, 3.8) is 0 Å². The SMILES string of the molecule is CCCc1nc(N(CC)c2ccncc2)nc(N)c1CC. The molecule has 0 amide bonds. The third kappa shape index (κ3) is 3.29. The predicted octanol–water partition coefficient (Wildman–Crippen LogP) is 3.13. The molecule has 0 aliphatic rings. The highest BCUT2D eigenvalue weighted by Gasteiger charge is 2.15. The molecule has 2 aromatic rings. The number of nitrogens with zero attached hydrogens (tertiary/aromatic N) is 4. The maximum atomic E-state index is 6.14. The Labute approximate surface area is 126 Å². The third-order valence-corrected chi connectivity index (χ3v) is 3.49. The zero-order chi connectivity index (χ0) is 15.2. The van der Waals surface area contributed by atoms with E-state index < -0.39 is 0 Å². The van der Waals surface area contributed by atoms with E-state index in [0.717, 1.165) is 42.8 Å². The van der Waals surface area contributed by atoms with Crippen LogP contribution < -0.4 is 10.6 Å². The molecule has 0 spiro atoms. The minimum atomic E-state index is 0.596. The smallest absolute Gasteiger partial charge is 0.232 e. The molecule has 2 N–H and O–H groups in total. The van der Waals surface area contributed by atoms with Gasteiger partial charge in [-0.3, -0.25) is 4.98 Å². The Bertz CT molecular complexity index is 583. The number of nitrogen functional groups attached to an aromatic ring is 1. The first kappa shape index (κ1) is 15.2. The standard InChI is InChI=1S/C16H23N5/c1-4-7-14-13(5-2)15(17)20-16(19-14)21(6-3)12-8-10-18-11-9-12/h8-11H,4-7H2,1-3H3,(H2,17,19,20). The summed E-state index contributed by atoms with van der Waals surface area (Å²) in [6, 6.07) is 3.91. The van der Waals surface area contributed by atoms with Crippen LogP contribution in [-0.2, 0) is 12.8 Å². The van der Waals surface area contributed by atoms with E-state index in [0.29, 0.717) is 11.8 Å². The second-order valence-electron chi connectivity index (χ2n) is 4.89. The molecule has 21 heavy (non-hydrogen) atoms. The molecule has 5 heteroatoms. The van der Waals surface area contributed by atoms with Gasteiger partial charge in [0.05, 0.1) is 5.69 Å². The van der Waals surface area contributed by atoms with Gasteiger partial charge in [-0.1, -0.05) is 20.3 Å². The lowest BCUT2D eigenvalue weighted by Crippen LogP contribution is -2.21. The number of nitrogens with two attached hydrogens (primary N) is 1. The molecule has 2 heterocycles. The highest BCUT2D eigenvalue weighted by Crippen LogP contribution is 2.25. The van der Waals surface area contributed by atoms with E-state index >= 15 is 0 Å². The molecular weight excluding hydrogens is 262 g/mol. The quantitative estimate of drug-likeness (QED) is 0.883. The summed E-state index contributed by atoms with van der Waals surface area (Å²) in [6.07, 6.45) is 6.38. The molecule has 2 rings (SSSR count). The Hall–Kier alpha value is -2.17. The average molecular weight is 285 g/mol. The number of rotatable bonds is 6. The fourth-order valence-corrected chi connectivity index (χ4v) is 2.45. The summed E-state index contributed by atoms with van der Waals surface area (Å²) in [4.78, 5) is 15.4. The summed E-state index contributed by atoms with van der Waals surface area (Å²) in [5.41, 5.74) is 9.31. The summed E-state index contributed by atoms with van der Waals surface area (Å²) < 4.78 is 0. The Balaban J connectivity index is 2.47. The lowest BCUT2D eigenvalue weighted by atomic mass is 10.1. The molecule has 0 saturated carbocycles. The highest BCUT2D eigenvalue weighted by molar-refractivity contribution is 5.59. The van der Waals surface area contributed by atoms with Gasteiger partial charge in [-0.15, -0.1) is 0 Å². The third-order valence-electron chi connectivity index (χ3n) is 3.49. The molecule has 0 bridgehead atoms. The topological polar surface area (TPSA) is 67.9 Å². The van der Waals surface area contributed by atoms with E-state index in [4.69, 9.17) is 10.7 Å². The number of hydrogen-bond acceptors (Lipinski definition) is 5. The molecule has 5 nitrogen and oxygen atoms in total. The largest absolute Gasteiger partial charge is 0.383 e. The van der Waals surface area contributed by atoms with Crippen molar-refractivity contribution in [2.45, 2.75) is 40.0 Å². The molecule has 0 unspecified atom stereocenters. The van der Waals surface area contributed by atoms with Crippen molar-refractivity contribution >= 4 is 17.5 Å². The van der Waals surface area contributed by atoms with Gasteiger partial charge in [0.1, 0.15) is 5.82 Å². The fourth-order valence-electron chi connectivity index (χ4n) is 2.45. The van der Waals surface area contributed by atoms with Crippen LogP contribution in [0.4, 0.5) is 17.5 Å². The van der Waals surface area contributed by atoms with Crippen LogP contribution in [0, 0.1) is 0 Å². The number of aryl methyl sites for hydroxylation is 1. The molecular formula is C16H23N5. The highest BCUT2D eigenvalue weighted by atomic mass is 15.3. The monoisotopic (exact) mass is 285 g/mol. The van der Waals surface area contributed by atoms with Crippen molar-refractivity contribution in [3.05, 3.63) is 35.8 Å². The van der Waals surface area contributed by atoms with Crippen LogP contribution in [0.1, 0.15) is 38.4 Å². The van der Waals surface area contributed by atoms with Crippen LogP contribution in [0.15, 0.2) is 24.5 Å². The van der Waals surface area contributed by atoms with Crippen LogP contribution in [0.3, 0.4) is 0 Å². The van der Waals surface area contributed by atoms with Gasteiger partial charge < -0.3 is 10.6 Å². The van der Waals surface area contributed by atoms with E-state index in [1.807, 2.05) is 12.1 Å². The van der Waals surface area contributed by atoms with E-state index in [1.54, 1.807) is 12.4 Å². The molecule has 112 valence electrons.